The maximum absolute atomic E-state index is 14.5. The summed E-state index contributed by atoms with van der Waals surface area (Å²) < 4.78 is 5.75. The number of rotatable bonds is 4. The van der Waals surface area contributed by atoms with Gasteiger partial charge < -0.3 is 20.1 Å². The number of aliphatic hydroxyl groups is 3. The summed E-state index contributed by atoms with van der Waals surface area (Å²) in [6, 6.07) is 0. The van der Waals surface area contributed by atoms with Crippen LogP contribution < -0.4 is 0 Å². The molecule has 0 saturated heterocycles. The molecule has 40 heavy (non-hydrogen) atoms. The fraction of sp³-hybridized carbons (Fsp3) is 0.882. The van der Waals surface area contributed by atoms with Crippen LogP contribution in [0.4, 0.5) is 0 Å². The van der Waals surface area contributed by atoms with Gasteiger partial charge in [-0.15, -0.1) is 0 Å². The van der Waals surface area contributed by atoms with Crippen molar-refractivity contribution in [3.63, 3.8) is 0 Å². The van der Waals surface area contributed by atoms with Gasteiger partial charge in [0, 0.05) is 11.3 Å². The maximum atomic E-state index is 14.5. The number of ketones is 1. The number of allylic oxidation sites excluding steroid dienone is 2. The highest BCUT2D eigenvalue weighted by molar-refractivity contribution is 5.96. The zero-order chi connectivity index (χ0) is 29.7. The van der Waals surface area contributed by atoms with Gasteiger partial charge in [0.25, 0.3) is 0 Å². The quantitative estimate of drug-likeness (QED) is 0.306. The van der Waals surface area contributed by atoms with E-state index in [1.807, 2.05) is 26.8 Å². The second-order valence-corrected chi connectivity index (χ2v) is 16.3. The molecule has 6 heteroatoms. The van der Waals surface area contributed by atoms with E-state index < -0.39 is 45.9 Å². The summed E-state index contributed by atoms with van der Waals surface area (Å²) in [4.78, 5) is 27.8. The molecule has 0 heterocycles. The first-order chi connectivity index (χ1) is 18.4. The molecular formula is C34H54O6. The normalized spacial score (nSPS) is 51.5. The SMILES string of the molecule is CCCCOC(=O)[C@@]1(C)CC[C@]2(C)CC[C@]3(C)C(=CC(=O)[C@@H]4[C@@]5(C)[C@@H](O)[C@H](O)[C@H](O)C(C)(C)[C@@H]5CC[C@]43C)[C@@H]2C1. The van der Waals surface area contributed by atoms with Crippen LogP contribution in [-0.4, -0.2) is 52.0 Å². The summed E-state index contributed by atoms with van der Waals surface area (Å²) in [5.41, 5.74) is -1.49. The Labute approximate surface area is 241 Å². The van der Waals surface area contributed by atoms with Crippen LogP contribution >= 0.6 is 0 Å². The van der Waals surface area contributed by atoms with E-state index in [1.165, 1.54) is 5.57 Å². The van der Waals surface area contributed by atoms with Gasteiger partial charge in [0.2, 0.25) is 0 Å². The van der Waals surface area contributed by atoms with Gasteiger partial charge >= 0.3 is 5.97 Å². The zero-order valence-corrected chi connectivity index (χ0v) is 26.2. The highest BCUT2D eigenvalue weighted by Gasteiger charge is 2.73. The summed E-state index contributed by atoms with van der Waals surface area (Å²) in [5, 5.41) is 33.6. The molecular weight excluding hydrogens is 504 g/mol. The Morgan fingerprint density at radius 3 is 2.25 bits per heavy atom. The third-order valence-electron chi connectivity index (χ3n) is 13.9. The predicted molar refractivity (Wildman–Crippen MR) is 154 cm³/mol. The van der Waals surface area contributed by atoms with E-state index in [1.54, 1.807) is 0 Å². The van der Waals surface area contributed by atoms with Gasteiger partial charge in [-0.2, -0.15) is 0 Å². The molecule has 0 radical (unpaired) electrons. The van der Waals surface area contributed by atoms with Gasteiger partial charge in [-0.05, 0) is 97.9 Å². The minimum atomic E-state index is -1.29. The number of ether oxygens (including phenoxy) is 1. The molecule has 4 fully saturated rings. The smallest absolute Gasteiger partial charge is 0.311 e. The van der Waals surface area contributed by atoms with Crippen molar-refractivity contribution in [2.45, 2.75) is 131 Å². The molecule has 0 aromatic rings. The number of hydrogen-bond acceptors (Lipinski definition) is 6. The van der Waals surface area contributed by atoms with Crippen molar-refractivity contribution in [3.05, 3.63) is 11.6 Å². The molecule has 0 spiro atoms. The van der Waals surface area contributed by atoms with E-state index in [4.69, 9.17) is 4.74 Å². The van der Waals surface area contributed by atoms with Crippen LogP contribution in [0.5, 0.6) is 0 Å². The largest absolute Gasteiger partial charge is 0.465 e. The average molecular weight is 559 g/mol. The third kappa shape index (κ3) is 3.76. The molecule has 0 aromatic heterocycles. The number of carbonyl (C=O) groups excluding carboxylic acids is 2. The summed E-state index contributed by atoms with van der Waals surface area (Å²) >= 11 is 0. The highest BCUT2D eigenvalue weighted by atomic mass is 16.5. The molecule has 0 aliphatic heterocycles. The predicted octanol–water partition coefficient (Wildman–Crippen LogP) is 5.61. The lowest BCUT2D eigenvalue weighted by Gasteiger charge is -2.71. The molecule has 3 N–H and O–H groups in total. The lowest BCUT2D eigenvalue weighted by atomic mass is 9.33. The lowest BCUT2D eigenvalue weighted by Crippen LogP contribution is -2.73. The average Bonchev–Trinajstić information content (AvgIpc) is 2.89. The fourth-order valence-electron chi connectivity index (χ4n) is 10.9. The van der Waals surface area contributed by atoms with E-state index in [2.05, 4.69) is 34.6 Å². The van der Waals surface area contributed by atoms with Crippen LogP contribution in [0.2, 0.25) is 0 Å². The van der Waals surface area contributed by atoms with Gasteiger partial charge in [0.15, 0.2) is 5.78 Å². The van der Waals surface area contributed by atoms with E-state index >= 15 is 0 Å². The monoisotopic (exact) mass is 558 g/mol. The standard InChI is InChI=1S/C34H54O6/c1-9-10-17-40-28(39)31(5)14-13-30(4)15-16-32(6)20(21(30)19-31)18-22(35)25-33(32,7)12-11-23-29(2,3)26(37)24(36)27(38)34(23,25)8/h18,21,23-27,36-38H,9-17,19H2,1-8H3/t21-,23-,24+,25-,26-,27-,30+,31-,32+,33+,34-/m0/s1. The van der Waals surface area contributed by atoms with Gasteiger partial charge in [0.05, 0.1) is 24.2 Å². The molecule has 4 saturated carbocycles. The first kappa shape index (κ1) is 30.2. The van der Waals surface area contributed by atoms with Crippen LogP contribution in [0.3, 0.4) is 0 Å². The summed E-state index contributed by atoms with van der Waals surface area (Å²) in [5.74, 6) is -0.491. The number of hydrogen-bond donors (Lipinski definition) is 3. The third-order valence-corrected chi connectivity index (χ3v) is 13.9. The first-order valence-electron chi connectivity index (χ1n) is 15.9. The molecule has 6 nitrogen and oxygen atoms in total. The van der Waals surface area contributed by atoms with E-state index in [0.717, 1.165) is 51.4 Å². The van der Waals surface area contributed by atoms with Gasteiger partial charge in [-0.25, -0.2) is 0 Å². The molecule has 0 bridgehead atoms. The van der Waals surface area contributed by atoms with Crippen molar-refractivity contribution in [1.29, 1.82) is 0 Å². The van der Waals surface area contributed by atoms with Crippen LogP contribution in [0.25, 0.3) is 0 Å². The van der Waals surface area contributed by atoms with E-state index in [0.29, 0.717) is 13.0 Å². The van der Waals surface area contributed by atoms with Crippen molar-refractivity contribution in [3.8, 4) is 0 Å². The number of unbranched alkanes of at least 4 members (excludes halogenated alkanes) is 1. The minimum Gasteiger partial charge on any atom is -0.465 e. The Morgan fingerprint density at radius 2 is 1.60 bits per heavy atom. The van der Waals surface area contributed by atoms with Gasteiger partial charge in [-0.3, -0.25) is 9.59 Å². The van der Waals surface area contributed by atoms with Gasteiger partial charge in [-0.1, -0.05) is 60.5 Å². The van der Waals surface area contributed by atoms with Crippen molar-refractivity contribution in [2.75, 3.05) is 6.61 Å². The van der Waals surface area contributed by atoms with Crippen molar-refractivity contribution in [2.24, 2.45) is 50.2 Å². The Bertz CT molecular complexity index is 1100. The molecule has 11 atom stereocenters. The maximum Gasteiger partial charge on any atom is 0.311 e. The zero-order valence-electron chi connectivity index (χ0n) is 26.2. The highest BCUT2D eigenvalue weighted by Crippen LogP contribution is 2.75. The van der Waals surface area contributed by atoms with Crippen molar-refractivity contribution >= 4 is 11.8 Å². The molecule has 0 aromatic carbocycles. The summed E-state index contributed by atoms with van der Waals surface area (Å²) in [7, 11) is 0. The fourth-order valence-corrected chi connectivity index (χ4v) is 10.9. The second kappa shape index (κ2) is 9.38. The van der Waals surface area contributed by atoms with Crippen LogP contribution in [0, 0.1) is 50.2 Å². The Hall–Kier alpha value is -1.24. The minimum absolute atomic E-state index is 0.0335. The van der Waals surface area contributed by atoms with Crippen LogP contribution in [-0.2, 0) is 14.3 Å². The number of fused-ring (bicyclic) bond motifs is 7. The topological polar surface area (TPSA) is 104 Å². The van der Waals surface area contributed by atoms with E-state index in [9.17, 15) is 24.9 Å². The molecule has 5 aliphatic carbocycles. The van der Waals surface area contributed by atoms with Crippen molar-refractivity contribution in [1.82, 2.24) is 0 Å². The molecule has 0 amide bonds. The first-order valence-corrected chi connectivity index (χ1v) is 15.9. The number of aliphatic hydroxyl groups excluding tert-OH is 3. The van der Waals surface area contributed by atoms with Crippen LogP contribution in [0.1, 0.15) is 113 Å². The molecule has 5 aliphatic rings. The Morgan fingerprint density at radius 1 is 0.950 bits per heavy atom. The van der Waals surface area contributed by atoms with Crippen molar-refractivity contribution < 1.29 is 29.6 Å². The summed E-state index contributed by atoms with van der Waals surface area (Å²) in [6.45, 7) is 17.5. The lowest BCUT2D eigenvalue weighted by molar-refractivity contribution is -0.272. The Balaban J connectivity index is 1.57. The van der Waals surface area contributed by atoms with Gasteiger partial charge in [0.1, 0.15) is 6.10 Å². The second-order valence-electron chi connectivity index (χ2n) is 16.3. The molecule has 5 rings (SSSR count). The molecule has 226 valence electrons. The Kier molecular flexibility index (Phi) is 7.09. The number of esters is 1. The summed E-state index contributed by atoms with van der Waals surface area (Å²) in [6.07, 6.45) is 6.32. The number of carbonyl (C=O) groups is 2. The van der Waals surface area contributed by atoms with E-state index in [-0.39, 0.29) is 34.4 Å². The van der Waals surface area contributed by atoms with Crippen LogP contribution in [0.15, 0.2) is 11.6 Å². The molecule has 0 unspecified atom stereocenters.